The van der Waals surface area contributed by atoms with Crippen molar-refractivity contribution in [2.24, 2.45) is 0 Å². The number of nitrogens with zero attached hydrogens (tertiary/aromatic N) is 1. The minimum atomic E-state index is 0.567. The van der Waals surface area contributed by atoms with Crippen LogP contribution in [-0.4, -0.2) is 11.5 Å². The molecule has 2 rings (SSSR count). The van der Waals surface area contributed by atoms with Crippen molar-refractivity contribution in [2.75, 3.05) is 6.54 Å². The van der Waals surface area contributed by atoms with Crippen LogP contribution in [0.1, 0.15) is 30.2 Å². The Bertz CT molecular complexity index is 570. The standard InChI is InChI=1S/C17H21BrN2O/c1-3-8-19-10-15-11-20-13(2)9-17(15)21-12-14-4-6-16(18)7-5-14/h4-7,9,11,19H,3,8,10,12H2,1-2H3. The topological polar surface area (TPSA) is 34.2 Å². The van der Waals surface area contributed by atoms with Crippen molar-refractivity contribution in [2.45, 2.75) is 33.4 Å². The van der Waals surface area contributed by atoms with Gasteiger partial charge in [-0.1, -0.05) is 35.0 Å². The molecule has 0 aliphatic carbocycles. The highest BCUT2D eigenvalue weighted by Crippen LogP contribution is 2.20. The summed E-state index contributed by atoms with van der Waals surface area (Å²) in [7, 11) is 0. The predicted molar refractivity (Wildman–Crippen MR) is 89.4 cm³/mol. The molecule has 0 amide bonds. The summed E-state index contributed by atoms with van der Waals surface area (Å²) in [6.07, 6.45) is 3.02. The van der Waals surface area contributed by atoms with Crippen LogP contribution in [0.2, 0.25) is 0 Å². The number of nitrogens with one attached hydrogen (secondary N) is 1. The van der Waals surface area contributed by atoms with E-state index in [9.17, 15) is 0 Å². The molecule has 4 heteroatoms. The SMILES string of the molecule is CCCNCc1cnc(C)cc1OCc1ccc(Br)cc1. The molecule has 2 aromatic rings. The molecule has 1 aromatic carbocycles. The fourth-order valence-corrected chi connectivity index (χ4v) is 2.24. The quantitative estimate of drug-likeness (QED) is 0.760. The van der Waals surface area contributed by atoms with Gasteiger partial charge in [-0.15, -0.1) is 0 Å². The van der Waals surface area contributed by atoms with E-state index >= 15 is 0 Å². The molecular formula is C17H21BrN2O. The van der Waals surface area contributed by atoms with Crippen molar-refractivity contribution in [1.29, 1.82) is 0 Å². The maximum absolute atomic E-state index is 5.98. The van der Waals surface area contributed by atoms with Crippen LogP contribution in [0, 0.1) is 6.92 Å². The molecule has 0 atom stereocenters. The number of hydrogen-bond donors (Lipinski definition) is 1. The normalized spacial score (nSPS) is 10.6. The van der Waals surface area contributed by atoms with Crippen molar-refractivity contribution in [3.05, 3.63) is 57.8 Å². The zero-order valence-electron chi connectivity index (χ0n) is 12.5. The molecule has 0 bridgehead atoms. The Balaban J connectivity index is 2.03. The van der Waals surface area contributed by atoms with Crippen LogP contribution in [0.25, 0.3) is 0 Å². The summed E-state index contributed by atoms with van der Waals surface area (Å²) in [6, 6.07) is 10.2. The van der Waals surface area contributed by atoms with Gasteiger partial charge in [0.2, 0.25) is 0 Å². The van der Waals surface area contributed by atoms with E-state index in [0.29, 0.717) is 6.61 Å². The minimum Gasteiger partial charge on any atom is -0.488 e. The second-order valence-electron chi connectivity index (χ2n) is 5.03. The van der Waals surface area contributed by atoms with Gasteiger partial charge in [-0.25, -0.2) is 0 Å². The van der Waals surface area contributed by atoms with Crippen molar-refractivity contribution < 1.29 is 4.74 Å². The van der Waals surface area contributed by atoms with Crippen LogP contribution < -0.4 is 10.1 Å². The summed E-state index contributed by atoms with van der Waals surface area (Å²) in [5, 5.41) is 3.39. The van der Waals surface area contributed by atoms with Crippen molar-refractivity contribution in [1.82, 2.24) is 10.3 Å². The molecule has 1 N–H and O–H groups in total. The number of pyridine rings is 1. The third-order valence-electron chi connectivity index (χ3n) is 3.13. The lowest BCUT2D eigenvalue weighted by molar-refractivity contribution is 0.301. The first kappa shape index (κ1) is 16.0. The zero-order valence-corrected chi connectivity index (χ0v) is 14.1. The second-order valence-corrected chi connectivity index (χ2v) is 5.94. The van der Waals surface area contributed by atoms with E-state index in [0.717, 1.165) is 46.6 Å². The Labute approximate surface area is 134 Å². The molecule has 3 nitrogen and oxygen atoms in total. The molecule has 0 fully saturated rings. The molecule has 0 radical (unpaired) electrons. The number of benzene rings is 1. The molecule has 21 heavy (non-hydrogen) atoms. The van der Waals surface area contributed by atoms with Gasteiger partial charge in [0.25, 0.3) is 0 Å². The van der Waals surface area contributed by atoms with Crippen LogP contribution in [0.3, 0.4) is 0 Å². The van der Waals surface area contributed by atoms with E-state index < -0.39 is 0 Å². The van der Waals surface area contributed by atoms with E-state index in [-0.39, 0.29) is 0 Å². The number of aromatic nitrogens is 1. The first-order valence-corrected chi connectivity index (χ1v) is 8.02. The van der Waals surface area contributed by atoms with Gasteiger partial charge in [-0.3, -0.25) is 4.98 Å². The van der Waals surface area contributed by atoms with E-state index in [1.54, 1.807) is 0 Å². The Morgan fingerprint density at radius 3 is 2.71 bits per heavy atom. The third-order valence-corrected chi connectivity index (χ3v) is 3.66. The van der Waals surface area contributed by atoms with E-state index in [1.165, 1.54) is 0 Å². The smallest absolute Gasteiger partial charge is 0.127 e. The first-order valence-electron chi connectivity index (χ1n) is 7.22. The highest BCUT2D eigenvalue weighted by Gasteiger charge is 2.05. The lowest BCUT2D eigenvalue weighted by Crippen LogP contribution is -2.15. The Kier molecular flexibility index (Phi) is 6.21. The second kappa shape index (κ2) is 8.15. The Morgan fingerprint density at radius 1 is 1.24 bits per heavy atom. The van der Waals surface area contributed by atoms with Gasteiger partial charge >= 0.3 is 0 Å². The summed E-state index contributed by atoms with van der Waals surface area (Å²) in [5.74, 6) is 0.911. The van der Waals surface area contributed by atoms with Crippen LogP contribution in [0.4, 0.5) is 0 Å². The van der Waals surface area contributed by atoms with Crippen molar-refractivity contribution in [3.8, 4) is 5.75 Å². The highest BCUT2D eigenvalue weighted by molar-refractivity contribution is 9.10. The van der Waals surface area contributed by atoms with Crippen LogP contribution >= 0.6 is 15.9 Å². The molecule has 1 heterocycles. The summed E-state index contributed by atoms with van der Waals surface area (Å²) in [4.78, 5) is 4.36. The molecule has 0 aliphatic rings. The molecule has 0 saturated heterocycles. The van der Waals surface area contributed by atoms with Crippen molar-refractivity contribution >= 4 is 15.9 Å². The Hall–Kier alpha value is -1.39. The lowest BCUT2D eigenvalue weighted by Gasteiger charge is -2.12. The number of aryl methyl sites for hydroxylation is 1. The zero-order chi connectivity index (χ0) is 15.1. The van der Waals surface area contributed by atoms with E-state index in [4.69, 9.17) is 4.74 Å². The molecule has 112 valence electrons. The average molecular weight is 349 g/mol. The van der Waals surface area contributed by atoms with Crippen LogP contribution in [-0.2, 0) is 13.2 Å². The summed E-state index contributed by atoms with van der Waals surface area (Å²) in [6.45, 7) is 6.50. The minimum absolute atomic E-state index is 0.567. The van der Waals surface area contributed by atoms with Crippen LogP contribution in [0.5, 0.6) is 5.75 Å². The number of hydrogen-bond acceptors (Lipinski definition) is 3. The molecule has 0 saturated carbocycles. The van der Waals surface area contributed by atoms with Crippen molar-refractivity contribution in [3.63, 3.8) is 0 Å². The van der Waals surface area contributed by atoms with Gasteiger partial charge in [0.05, 0.1) is 0 Å². The van der Waals surface area contributed by atoms with Gasteiger partial charge in [0, 0.05) is 34.5 Å². The summed E-state index contributed by atoms with van der Waals surface area (Å²) < 4.78 is 7.06. The van der Waals surface area contributed by atoms with E-state index in [2.05, 4.69) is 45.3 Å². The monoisotopic (exact) mass is 348 g/mol. The van der Waals surface area contributed by atoms with Gasteiger partial charge < -0.3 is 10.1 Å². The number of ether oxygens (including phenoxy) is 1. The predicted octanol–water partition coefficient (Wildman–Crippen LogP) is 4.23. The van der Waals surface area contributed by atoms with E-state index in [1.807, 2.05) is 31.3 Å². The lowest BCUT2D eigenvalue weighted by atomic mass is 10.2. The molecule has 0 unspecified atom stereocenters. The molecule has 0 aliphatic heterocycles. The first-order chi connectivity index (χ1) is 10.2. The molecular weight excluding hydrogens is 328 g/mol. The fourth-order valence-electron chi connectivity index (χ4n) is 1.97. The van der Waals surface area contributed by atoms with Gasteiger partial charge in [-0.2, -0.15) is 0 Å². The average Bonchev–Trinajstić information content (AvgIpc) is 2.49. The van der Waals surface area contributed by atoms with Crippen LogP contribution in [0.15, 0.2) is 41.0 Å². The summed E-state index contributed by atoms with van der Waals surface area (Å²) >= 11 is 3.44. The molecule has 0 spiro atoms. The largest absolute Gasteiger partial charge is 0.488 e. The number of rotatable bonds is 7. The van der Waals surface area contributed by atoms with Gasteiger partial charge in [0.1, 0.15) is 12.4 Å². The van der Waals surface area contributed by atoms with Gasteiger partial charge in [-0.05, 0) is 37.6 Å². The van der Waals surface area contributed by atoms with Gasteiger partial charge in [0.15, 0.2) is 0 Å². The molecule has 1 aromatic heterocycles. The third kappa shape index (κ3) is 5.14. The maximum Gasteiger partial charge on any atom is 0.127 e. The summed E-state index contributed by atoms with van der Waals surface area (Å²) in [5.41, 5.74) is 3.23. The Morgan fingerprint density at radius 2 is 2.00 bits per heavy atom. The maximum atomic E-state index is 5.98. The fraction of sp³-hybridized carbons (Fsp3) is 0.353. The number of halogens is 1. The highest BCUT2D eigenvalue weighted by atomic mass is 79.9.